The van der Waals surface area contributed by atoms with Crippen molar-refractivity contribution in [3.05, 3.63) is 48.1 Å². The zero-order valence-corrected chi connectivity index (χ0v) is 11.7. The molecular formula is C16H11N5O. The average molecular weight is 289 g/mol. The molecular weight excluding hydrogens is 278 g/mol. The maximum Gasteiger partial charge on any atom is 0.170 e. The van der Waals surface area contributed by atoms with Gasteiger partial charge < -0.3 is 4.98 Å². The summed E-state index contributed by atoms with van der Waals surface area (Å²) in [5, 5.41) is 8.92. The van der Waals surface area contributed by atoms with Crippen molar-refractivity contribution >= 4 is 23.0 Å². The third-order valence-corrected chi connectivity index (χ3v) is 3.21. The van der Waals surface area contributed by atoms with E-state index in [9.17, 15) is 4.79 Å². The Hall–Kier alpha value is -3.33. The normalized spacial score (nSPS) is 11.4. The van der Waals surface area contributed by atoms with Crippen LogP contribution in [0.3, 0.4) is 0 Å². The lowest BCUT2D eigenvalue weighted by molar-refractivity contribution is -0.113. The summed E-state index contributed by atoms with van der Waals surface area (Å²) in [5.41, 5.74) is 3.91. The van der Waals surface area contributed by atoms with Crippen LogP contribution >= 0.6 is 0 Å². The lowest BCUT2D eigenvalue weighted by Crippen LogP contribution is -1.93. The number of imidazole rings is 1. The van der Waals surface area contributed by atoms with Gasteiger partial charge in [-0.05, 0) is 18.6 Å². The third kappa shape index (κ3) is 2.47. The molecule has 3 rings (SSSR count). The molecule has 0 radical (unpaired) electrons. The molecule has 1 N–H and O–H groups in total. The van der Waals surface area contributed by atoms with Crippen LogP contribution in [0.2, 0.25) is 0 Å². The van der Waals surface area contributed by atoms with E-state index in [0.717, 1.165) is 16.8 Å². The Kier molecular flexibility index (Phi) is 3.46. The first-order valence-electron chi connectivity index (χ1n) is 6.56. The minimum atomic E-state index is -0.249. The van der Waals surface area contributed by atoms with Crippen molar-refractivity contribution in [1.82, 2.24) is 19.9 Å². The zero-order valence-electron chi connectivity index (χ0n) is 11.7. The number of allylic oxidation sites excluding steroid dienone is 1. The number of carbonyl (C=O) groups excluding carboxylic acids is 1. The minimum Gasteiger partial charge on any atom is -0.329 e. The van der Waals surface area contributed by atoms with Gasteiger partial charge in [0, 0.05) is 5.56 Å². The molecule has 0 saturated carbocycles. The molecule has 2 heterocycles. The maximum atomic E-state index is 11.3. The van der Waals surface area contributed by atoms with Gasteiger partial charge in [0.2, 0.25) is 0 Å². The number of nitrogens with one attached hydrogen (secondary N) is 1. The van der Waals surface area contributed by atoms with Crippen molar-refractivity contribution in [3.8, 4) is 17.3 Å². The number of aromatic nitrogens is 4. The number of carbonyl (C=O) groups is 1. The van der Waals surface area contributed by atoms with Crippen LogP contribution in [0.4, 0.5) is 0 Å². The third-order valence-electron chi connectivity index (χ3n) is 3.21. The number of nitriles is 1. The molecule has 6 heteroatoms. The SMILES string of the molecule is CC(=O)/C(C#N)=C/c1ccc(-c2ncnc3[nH]cnc23)cc1. The quantitative estimate of drug-likeness (QED) is 0.590. The van der Waals surface area contributed by atoms with Crippen molar-refractivity contribution < 1.29 is 4.79 Å². The maximum absolute atomic E-state index is 11.3. The molecule has 6 nitrogen and oxygen atoms in total. The van der Waals surface area contributed by atoms with Crippen LogP contribution in [-0.4, -0.2) is 25.7 Å². The Morgan fingerprint density at radius 1 is 1.23 bits per heavy atom. The molecule has 22 heavy (non-hydrogen) atoms. The van der Waals surface area contributed by atoms with E-state index in [4.69, 9.17) is 5.26 Å². The van der Waals surface area contributed by atoms with E-state index in [-0.39, 0.29) is 11.4 Å². The van der Waals surface area contributed by atoms with Crippen LogP contribution in [0.5, 0.6) is 0 Å². The fraction of sp³-hybridized carbons (Fsp3) is 0.0625. The van der Waals surface area contributed by atoms with E-state index >= 15 is 0 Å². The van der Waals surface area contributed by atoms with E-state index in [1.54, 1.807) is 12.4 Å². The minimum absolute atomic E-state index is 0.129. The van der Waals surface area contributed by atoms with Crippen molar-refractivity contribution in [3.63, 3.8) is 0 Å². The fourth-order valence-electron chi connectivity index (χ4n) is 2.09. The average Bonchev–Trinajstić information content (AvgIpc) is 3.01. The van der Waals surface area contributed by atoms with Crippen LogP contribution in [0, 0.1) is 11.3 Å². The summed E-state index contributed by atoms with van der Waals surface area (Å²) in [6.07, 6.45) is 4.62. The van der Waals surface area contributed by atoms with Gasteiger partial charge in [0.15, 0.2) is 11.4 Å². The van der Waals surface area contributed by atoms with Gasteiger partial charge in [-0.1, -0.05) is 24.3 Å². The van der Waals surface area contributed by atoms with Gasteiger partial charge in [0.05, 0.1) is 11.9 Å². The predicted molar refractivity (Wildman–Crippen MR) is 81.4 cm³/mol. The van der Waals surface area contributed by atoms with Crippen LogP contribution in [0.1, 0.15) is 12.5 Å². The van der Waals surface area contributed by atoms with E-state index < -0.39 is 0 Å². The molecule has 106 valence electrons. The highest BCUT2D eigenvalue weighted by molar-refractivity contribution is 6.01. The molecule has 0 bridgehead atoms. The first-order chi connectivity index (χ1) is 10.7. The highest BCUT2D eigenvalue weighted by Crippen LogP contribution is 2.23. The first-order valence-corrected chi connectivity index (χ1v) is 6.56. The molecule has 2 aromatic heterocycles. The number of fused-ring (bicyclic) bond motifs is 1. The lowest BCUT2D eigenvalue weighted by Gasteiger charge is -2.02. The zero-order chi connectivity index (χ0) is 15.5. The lowest BCUT2D eigenvalue weighted by atomic mass is 10.1. The Labute approximate surface area is 126 Å². The van der Waals surface area contributed by atoms with Crippen molar-refractivity contribution in [2.24, 2.45) is 0 Å². The number of benzene rings is 1. The molecule has 0 atom stereocenters. The number of H-pyrrole nitrogens is 1. The smallest absolute Gasteiger partial charge is 0.170 e. The van der Waals surface area contributed by atoms with Crippen molar-refractivity contribution in [2.75, 3.05) is 0 Å². The van der Waals surface area contributed by atoms with Crippen LogP contribution in [0.25, 0.3) is 28.5 Å². The second-order valence-corrected chi connectivity index (χ2v) is 4.67. The molecule has 0 unspecified atom stereocenters. The van der Waals surface area contributed by atoms with Crippen LogP contribution in [-0.2, 0) is 4.79 Å². The number of nitrogens with zero attached hydrogens (tertiary/aromatic N) is 4. The molecule has 0 aliphatic rings. The van der Waals surface area contributed by atoms with Gasteiger partial charge in [-0.2, -0.15) is 5.26 Å². The van der Waals surface area contributed by atoms with Crippen LogP contribution < -0.4 is 0 Å². The highest BCUT2D eigenvalue weighted by atomic mass is 16.1. The molecule has 0 saturated heterocycles. The first kappa shape index (κ1) is 13.6. The molecule has 0 aliphatic heterocycles. The number of hydrogen-bond acceptors (Lipinski definition) is 5. The Bertz CT molecular complexity index is 916. The van der Waals surface area contributed by atoms with Gasteiger partial charge in [-0.3, -0.25) is 4.79 Å². The van der Waals surface area contributed by atoms with E-state index in [1.807, 2.05) is 30.3 Å². The van der Waals surface area contributed by atoms with Gasteiger partial charge >= 0.3 is 0 Å². The van der Waals surface area contributed by atoms with Crippen LogP contribution in [0.15, 0.2) is 42.5 Å². The summed E-state index contributed by atoms with van der Waals surface area (Å²) in [6, 6.07) is 9.30. The molecule has 3 aromatic rings. The topological polar surface area (TPSA) is 95.3 Å². The highest BCUT2D eigenvalue weighted by Gasteiger charge is 2.08. The molecule has 0 aliphatic carbocycles. The van der Waals surface area contributed by atoms with Crippen molar-refractivity contribution in [1.29, 1.82) is 5.26 Å². The van der Waals surface area contributed by atoms with Gasteiger partial charge in [-0.15, -0.1) is 0 Å². The summed E-state index contributed by atoms with van der Waals surface area (Å²) in [7, 11) is 0. The Morgan fingerprint density at radius 3 is 2.68 bits per heavy atom. The van der Waals surface area contributed by atoms with Gasteiger partial charge in [-0.25, -0.2) is 15.0 Å². The number of Topliss-reactive ketones (excluding diaryl/α,β-unsaturated/α-hetero) is 1. The molecule has 0 amide bonds. The molecule has 0 spiro atoms. The summed E-state index contributed by atoms with van der Waals surface area (Å²) in [6.45, 7) is 1.37. The summed E-state index contributed by atoms with van der Waals surface area (Å²) < 4.78 is 0. The largest absolute Gasteiger partial charge is 0.329 e. The van der Waals surface area contributed by atoms with Gasteiger partial charge in [0.25, 0.3) is 0 Å². The number of rotatable bonds is 3. The Morgan fingerprint density at radius 2 is 2.00 bits per heavy atom. The van der Waals surface area contributed by atoms with E-state index in [1.165, 1.54) is 13.3 Å². The van der Waals surface area contributed by atoms with E-state index in [0.29, 0.717) is 11.2 Å². The number of ketones is 1. The standard InChI is InChI=1S/C16H11N5O/c1-10(22)13(7-17)6-11-2-4-12(5-3-11)14-15-16(20-8-18-14)21-9-19-15/h2-6,8-9H,1H3,(H,18,19,20,21)/b13-6+. The second-order valence-electron chi connectivity index (χ2n) is 4.67. The number of aromatic amines is 1. The summed E-state index contributed by atoms with van der Waals surface area (Å²) >= 11 is 0. The van der Waals surface area contributed by atoms with E-state index in [2.05, 4.69) is 19.9 Å². The Balaban J connectivity index is 2.00. The fourth-order valence-corrected chi connectivity index (χ4v) is 2.09. The molecule has 1 aromatic carbocycles. The monoisotopic (exact) mass is 289 g/mol. The van der Waals surface area contributed by atoms with Gasteiger partial charge in [0.1, 0.15) is 23.6 Å². The summed E-state index contributed by atoms with van der Waals surface area (Å²) in [5.74, 6) is -0.249. The number of hydrogen-bond donors (Lipinski definition) is 1. The second kappa shape index (κ2) is 5.58. The van der Waals surface area contributed by atoms with Crippen molar-refractivity contribution in [2.45, 2.75) is 6.92 Å². The predicted octanol–water partition coefficient (Wildman–Crippen LogP) is 2.52. The summed E-state index contributed by atoms with van der Waals surface area (Å²) in [4.78, 5) is 26.8. The molecule has 0 fully saturated rings.